The zero-order valence-electron chi connectivity index (χ0n) is 70.5. The van der Waals surface area contributed by atoms with Gasteiger partial charge in [-0.3, -0.25) is 77.0 Å². The van der Waals surface area contributed by atoms with E-state index in [1.165, 1.54) is 66.2 Å². The minimum absolute atomic E-state index is 0.0472. The van der Waals surface area contributed by atoms with Gasteiger partial charge in [-0.25, -0.2) is 9.67 Å². The fourth-order valence-corrected chi connectivity index (χ4v) is 21.8. The summed E-state index contributed by atoms with van der Waals surface area (Å²) >= 11 is 8.09. The maximum atomic E-state index is 13.1. The molecule has 130 heavy (non-hydrogen) atoms. The van der Waals surface area contributed by atoms with Gasteiger partial charge in [0.05, 0.1) is 63.2 Å². The Morgan fingerprint density at radius 2 is 1.04 bits per heavy atom. The summed E-state index contributed by atoms with van der Waals surface area (Å²) in [6.45, 7) is 1.97. The van der Waals surface area contributed by atoms with Gasteiger partial charge < -0.3 is 80.8 Å². The van der Waals surface area contributed by atoms with Gasteiger partial charge in [-0.1, -0.05) is 79.3 Å². The van der Waals surface area contributed by atoms with E-state index in [1.807, 2.05) is 48.5 Å². The van der Waals surface area contributed by atoms with Crippen LogP contribution in [0.1, 0.15) is 183 Å². The molecule has 7 aromatic heterocycles. The highest BCUT2D eigenvalue weighted by molar-refractivity contribution is 7.99. The number of carboxylic acid groups (broad SMARTS) is 2. The van der Waals surface area contributed by atoms with Crippen LogP contribution in [-0.4, -0.2) is 157 Å². The first-order valence-corrected chi connectivity index (χ1v) is 46.4. The Balaban J connectivity index is 0.000000151. The van der Waals surface area contributed by atoms with Crippen LogP contribution in [0, 0.1) is 5.92 Å². The molecule has 4 aliphatic carbocycles. The fraction of sp³-hybridized carbons (Fsp3) is 0.278. The first-order chi connectivity index (χ1) is 62.5. The highest BCUT2D eigenvalue weighted by Gasteiger charge is 2.38. The minimum atomic E-state index is -1.09. The fourth-order valence-electron chi connectivity index (χ4n) is 14.8. The molecule has 1 aliphatic heterocycles. The third-order valence-electron chi connectivity index (χ3n) is 21.0. The van der Waals surface area contributed by atoms with Gasteiger partial charge in [0.1, 0.15) is 45.4 Å². The van der Waals surface area contributed by atoms with Crippen LogP contribution < -0.4 is 70.6 Å². The van der Waals surface area contributed by atoms with Gasteiger partial charge in [0.2, 0.25) is 23.6 Å². The van der Waals surface area contributed by atoms with Crippen LogP contribution in [0.3, 0.4) is 0 Å². The number of fused-ring (bicyclic) bond motifs is 5. The zero-order chi connectivity index (χ0) is 92.8. The minimum Gasteiger partial charge on any atom is -0.497 e. The number of nitrogens with two attached hydrogens (primary N) is 5. The number of hydrogen-bond donors (Lipinski definition) is 14. The second-order valence-electron chi connectivity index (χ2n) is 30.2. The molecular formula is C90H93N17O17S6. The molecule has 0 saturated heterocycles. The molecule has 676 valence electrons. The number of methoxy groups -OCH3 is 1. The number of thioether (sulfide) groups is 1. The van der Waals surface area contributed by atoms with Crippen LogP contribution in [0.4, 0.5) is 30.7 Å². The number of aliphatic carboxylic acids is 2. The lowest BCUT2D eigenvalue weighted by Crippen LogP contribution is -2.37. The largest absolute Gasteiger partial charge is 0.497 e. The number of rotatable bonds is 28. The number of carbonyl (C=O) groups is 14. The van der Waals surface area contributed by atoms with Crippen LogP contribution in [-0.2, 0) is 86.7 Å². The van der Waals surface area contributed by atoms with E-state index < -0.39 is 72.3 Å². The Morgan fingerprint density at radius 3 is 1.60 bits per heavy atom. The average Bonchev–Trinajstić information content (AvgIpc) is 1.67. The third kappa shape index (κ3) is 24.4. The maximum absolute atomic E-state index is 13.1. The van der Waals surface area contributed by atoms with Crippen molar-refractivity contribution in [1.29, 1.82) is 0 Å². The number of hydrogen-bond acceptors (Lipinski definition) is 26. The van der Waals surface area contributed by atoms with Crippen molar-refractivity contribution in [2.75, 3.05) is 71.4 Å². The van der Waals surface area contributed by atoms with Crippen molar-refractivity contribution < 1.29 is 82.1 Å². The predicted molar refractivity (Wildman–Crippen MR) is 499 cm³/mol. The van der Waals surface area contributed by atoms with Crippen molar-refractivity contribution in [3.63, 3.8) is 0 Å². The Hall–Kier alpha value is -13.6. The number of carboxylic acids is 2. The van der Waals surface area contributed by atoms with E-state index in [-0.39, 0.29) is 48.8 Å². The van der Waals surface area contributed by atoms with Gasteiger partial charge in [0.15, 0.2) is 11.0 Å². The number of thiophene rings is 5. The number of ether oxygens (including phenoxy) is 1. The van der Waals surface area contributed by atoms with Gasteiger partial charge in [0.25, 0.3) is 47.3 Å². The SMILES string of the molecule is CC1CCc2c(sc(NC(=O)CCC(=O)O)c2C(N)=O)C1.COc1ccc(NC(=O)CSc2nc(-c3ccncc3)nn2CC(=O)Nc2sc3c(c2C(N)=O)CCCC3)cc1.NC(=O)c1c(NC(=O)CN2C(=O)c3ccccc3C2=O)sc2c1CCC2.NCCNC(=O)c1c(NC(=O)c2ccccc2)sc2c1CCCC2.Nc1sc(-c2ccccc2)cc1C(=O)NCC(=O)O. The lowest BCUT2D eigenvalue weighted by molar-refractivity contribution is -0.138. The number of nitrogens with zero attached hydrogens (tertiary/aromatic N) is 5. The number of imide groups is 1. The number of pyridine rings is 1. The van der Waals surface area contributed by atoms with E-state index in [1.54, 1.807) is 98.4 Å². The standard InChI is InChI=1S/C27H27N7O4S2.C18H15N3O4S.C18H21N3O2S.C14H18N2O4S.C13H12N2O3S/c1-38-18-8-6-17(7-9-18)30-22(36)15-39-27-32-25(16-10-12-29-13-11-16)33-34(27)14-21(35)31-26-23(24(28)37)19-4-2-3-5-20(19)40-26;19-15(23)14-11-6-3-7-12(11)26-16(14)20-13(22)8-21-17(24)9-4-1-2-5-10(9)18(21)25;19-10-11-20-17(23)15-13-8-4-5-9-14(13)24-18(15)21-16(22)12-6-2-1-3-7-12;1-7-2-3-8-9(6-7)21-14(12(8)13(15)20)16-10(17)4-5-11(18)19;14-12-9(13(18)15-7-11(16)17)6-10(19-12)8-4-2-1-3-5-8/h6-13H,2-5,14-15H2,1H3,(H2,28,37)(H,30,36)(H,31,35);1-2,4-5H,3,6-8H2,(H2,19,23)(H,20,22);1-3,6-7H,4-5,8-11,19H2,(H,20,23)(H,21,22);7H,2-6H2,1H3,(H2,15,20)(H,16,17)(H,18,19);1-6H,7,14H2,(H,15,18)(H,16,17). The van der Waals surface area contributed by atoms with E-state index in [2.05, 4.69) is 59.2 Å². The highest BCUT2D eigenvalue weighted by Crippen LogP contribution is 2.44. The van der Waals surface area contributed by atoms with Crippen molar-refractivity contribution in [2.45, 2.75) is 121 Å². The number of amides is 12. The Bertz CT molecular complexity index is 6070. The molecule has 0 fully saturated rings. The van der Waals surface area contributed by atoms with Crippen molar-refractivity contribution in [3.8, 4) is 27.6 Å². The average molecular weight is 1880 g/mol. The summed E-state index contributed by atoms with van der Waals surface area (Å²) in [6, 6.07) is 37.2. The number of aromatic nitrogens is 4. The van der Waals surface area contributed by atoms with E-state index in [9.17, 15) is 67.1 Å². The summed E-state index contributed by atoms with van der Waals surface area (Å²) in [7, 11) is 1.57. The van der Waals surface area contributed by atoms with Crippen LogP contribution in [0.15, 0.2) is 145 Å². The summed E-state index contributed by atoms with van der Waals surface area (Å²) in [5.74, 6) is -5.49. The summed E-state index contributed by atoms with van der Waals surface area (Å²) in [5, 5.41) is 43.4. The molecule has 16 rings (SSSR count). The summed E-state index contributed by atoms with van der Waals surface area (Å²) in [5.41, 5.74) is 37.3. The molecule has 8 heterocycles. The number of benzene rings is 4. The van der Waals surface area contributed by atoms with Crippen LogP contribution in [0.2, 0.25) is 0 Å². The third-order valence-corrected chi connectivity index (χ3v) is 27.8. The second-order valence-corrected chi connectivity index (χ2v) is 36.6. The van der Waals surface area contributed by atoms with E-state index in [0.29, 0.717) is 111 Å². The van der Waals surface area contributed by atoms with Crippen LogP contribution in [0.25, 0.3) is 21.8 Å². The van der Waals surface area contributed by atoms with Gasteiger partial charge in [0, 0.05) is 73.1 Å². The predicted octanol–water partition coefficient (Wildman–Crippen LogP) is 11.5. The Morgan fingerprint density at radius 1 is 0.523 bits per heavy atom. The topological polar surface area (TPSA) is 550 Å². The molecule has 11 aromatic rings. The number of primary amides is 3. The monoisotopic (exact) mass is 1880 g/mol. The van der Waals surface area contributed by atoms with Crippen molar-refractivity contribution in [3.05, 3.63) is 226 Å². The van der Waals surface area contributed by atoms with Crippen LogP contribution >= 0.6 is 68.4 Å². The van der Waals surface area contributed by atoms with Crippen LogP contribution in [0.5, 0.6) is 5.75 Å². The Kier molecular flexibility index (Phi) is 33.0. The quantitative estimate of drug-likeness (QED) is 0.0160. The molecular weight excluding hydrogens is 1780 g/mol. The van der Waals surface area contributed by atoms with Crippen molar-refractivity contribution >= 4 is 182 Å². The number of nitrogens with one attached hydrogen (secondary N) is 7. The normalized spacial score (nSPS) is 13.5. The van der Waals surface area contributed by atoms with E-state index >= 15 is 0 Å². The molecule has 0 radical (unpaired) electrons. The second kappa shape index (κ2) is 44.9. The molecule has 4 aromatic carbocycles. The van der Waals surface area contributed by atoms with E-state index in [0.717, 1.165) is 159 Å². The molecule has 34 nitrogen and oxygen atoms in total. The lowest BCUT2D eigenvalue weighted by Gasteiger charge is -2.18. The molecule has 40 heteroatoms. The summed E-state index contributed by atoms with van der Waals surface area (Å²) in [4.78, 5) is 183. The maximum Gasteiger partial charge on any atom is 0.322 e. The van der Waals surface area contributed by atoms with Crippen molar-refractivity contribution in [1.82, 2.24) is 35.3 Å². The van der Waals surface area contributed by atoms with Gasteiger partial charge in [-0.15, -0.1) is 61.8 Å². The first-order valence-electron chi connectivity index (χ1n) is 41.3. The van der Waals surface area contributed by atoms with E-state index in [4.69, 9.17) is 43.6 Å². The molecule has 12 amide bonds. The zero-order valence-corrected chi connectivity index (χ0v) is 75.4. The van der Waals surface area contributed by atoms with Crippen molar-refractivity contribution in [2.24, 2.45) is 28.9 Å². The molecule has 0 bridgehead atoms. The molecule has 0 spiro atoms. The smallest absolute Gasteiger partial charge is 0.322 e. The first kappa shape index (κ1) is 95.5. The summed E-state index contributed by atoms with van der Waals surface area (Å²) < 4.78 is 6.60. The van der Waals surface area contributed by atoms with Gasteiger partial charge >= 0.3 is 11.9 Å². The molecule has 5 aliphatic rings. The van der Waals surface area contributed by atoms with Gasteiger partial charge in [-0.2, -0.15) is 0 Å². The molecule has 0 saturated carbocycles. The van der Waals surface area contributed by atoms with Gasteiger partial charge in [-0.05, 0) is 190 Å². The number of nitrogen functional groups attached to an aromatic ring is 1. The number of aryl methyl sites for hydroxylation is 3. The lowest BCUT2D eigenvalue weighted by atomic mass is 9.88. The number of anilines is 6. The molecule has 19 N–H and O–H groups in total. The highest BCUT2D eigenvalue weighted by atomic mass is 32.2. The summed E-state index contributed by atoms with van der Waals surface area (Å²) in [6.07, 6.45) is 15.9. The number of carbonyl (C=O) groups excluding carboxylic acids is 12. The molecule has 1 unspecified atom stereocenters. The Labute approximate surface area is 769 Å². The molecule has 1 atom stereocenters.